The van der Waals surface area contributed by atoms with Gasteiger partial charge in [-0.2, -0.15) is 13.2 Å². The fourth-order valence-corrected chi connectivity index (χ4v) is 3.83. The predicted octanol–water partition coefficient (Wildman–Crippen LogP) is 3.49. The first-order valence-electron chi connectivity index (χ1n) is 7.48. The molecule has 0 amide bonds. The molecule has 144 valence electrons. The quantitative estimate of drug-likeness (QED) is 0.687. The van der Waals surface area contributed by atoms with Crippen LogP contribution < -0.4 is 9.46 Å². The number of nitrogens with one attached hydrogen (secondary N) is 1. The zero-order valence-electron chi connectivity index (χ0n) is 13.8. The minimum atomic E-state index is -4.48. The van der Waals surface area contributed by atoms with Gasteiger partial charge in [-0.3, -0.25) is 0 Å². The third kappa shape index (κ3) is 4.18. The van der Waals surface area contributed by atoms with Crippen molar-refractivity contribution >= 4 is 27.3 Å². The van der Waals surface area contributed by atoms with Crippen molar-refractivity contribution in [2.24, 2.45) is 0 Å². The number of imidazole rings is 1. The largest absolute Gasteiger partial charge is 0.495 e. The third-order valence-corrected chi connectivity index (χ3v) is 5.34. The SMILES string of the molecule is COc1ccc(Cl)cc1S(=O)(=O)NCc1cn2cc(C(F)(F)F)ccc2n1. The van der Waals surface area contributed by atoms with Crippen LogP contribution in [0.5, 0.6) is 5.75 Å². The topological polar surface area (TPSA) is 72.7 Å². The molecule has 3 rings (SSSR count). The second kappa shape index (κ2) is 7.02. The van der Waals surface area contributed by atoms with Crippen molar-refractivity contribution in [3.63, 3.8) is 0 Å². The Morgan fingerprint density at radius 2 is 1.96 bits per heavy atom. The normalized spacial score (nSPS) is 12.5. The lowest BCUT2D eigenvalue weighted by Gasteiger charge is -2.10. The molecule has 0 atom stereocenters. The molecule has 27 heavy (non-hydrogen) atoms. The van der Waals surface area contributed by atoms with Gasteiger partial charge in [0.1, 0.15) is 16.3 Å². The van der Waals surface area contributed by atoms with Gasteiger partial charge < -0.3 is 9.14 Å². The Labute approximate surface area is 157 Å². The summed E-state index contributed by atoms with van der Waals surface area (Å²) in [5.41, 5.74) is -0.320. The van der Waals surface area contributed by atoms with E-state index in [0.717, 1.165) is 12.3 Å². The lowest BCUT2D eigenvalue weighted by atomic mass is 10.3. The Kier molecular flexibility index (Phi) is 5.06. The summed E-state index contributed by atoms with van der Waals surface area (Å²) in [5.74, 6) is 0.108. The number of pyridine rings is 1. The molecule has 0 unspecified atom stereocenters. The van der Waals surface area contributed by atoms with Crippen LogP contribution >= 0.6 is 11.6 Å². The number of alkyl halides is 3. The molecule has 2 heterocycles. The summed E-state index contributed by atoms with van der Waals surface area (Å²) < 4.78 is 71.9. The summed E-state index contributed by atoms with van der Waals surface area (Å²) in [6.45, 7) is -0.221. The lowest BCUT2D eigenvalue weighted by Crippen LogP contribution is -2.24. The molecule has 0 spiro atoms. The van der Waals surface area contributed by atoms with Gasteiger partial charge in [-0.1, -0.05) is 11.6 Å². The molecule has 0 saturated carbocycles. The van der Waals surface area contributed by atoms with E-state index in [9.17, 15) is 21.6 Å². The number of hydrogen-bond donors (Lipinski definition) is 1. The molecule has 1 N–H and O–H groups in total. The van der Waals surface area contributed by atoms with Crippen LogP contribution in [0.2, 0.25) is 5.02 Å². The average molecular weight is 420 g/mol. The molecule has 0 fully saturated rings. The fraction of sp³-hybridized carbons (Fsp3) is 0.188. The number of sulfonamides is 1. The van der Waals surface area contributed by atoms with E-state index in [1.54, 1.807) is 0 Å². The maximum Gasteiger partial charge on any atom is 0.417 e. The van der Waals surface area contributed by atoms with Crippen molar-refractivity contribution < 1.29 is 26.3 Å². The molecule has 11 heteroatoms. The summed E-state index contributed by atoms with van der Waals surface area (Å²) in [4.78, 5) is 3.95. The highest BCUT2D eigenvalue weighted by molar-refractivity contribution is 7.89. The van der Waals surface area contributed by atoms with Crippen LogP contribution in [-0.4, -0.2) is 24.9 Å². The first-order chi connectivity index (χ1) is 12.6. The minimum absolute atomic E-state index is 0.108. The van der Waals surface area contributed by atoms with Gasteiger partial charge in [-0.15, -0.1) is 0 Å². The Morgan fingerprint density at radius 1 is 1.22 bits per heavy atom. The van der Waals surface area contributed by atoms with E-state index in [4.69, 9.17) is 16.3 Å². The molecule has 0 aliphatic heterocycles. The van der Waals surface area contributed by atoms with Crippen LogP contribution in [0.3, 0.4) is 0 Å². The van der Waals surface area contributed by atoms with E-state index in [1.807, 2.05) is 0 Å². The molecular formula is C16H13ClF3N3O3S. The van der Waals surface area contributed by atoms with Crippen LogP contribution in [0.4, 0.5) is 13.2 Å². The van der Waals surface area contributed by atoms with Gasteiger partial charge in [-0.05, 0) is 30.3 Å². The maximum atomic E-state index is 12.8. The molecule has 0 aliphatic carbocycles. The highest BCUT2D eigenvalue weighted by Crippen LogP contribution is 2.29. The van der Waals surface area contributed by atoms with E-state index in [1.165, 1.54) is 42.0 Å². The van der Waals surface area contributed by atoms with E-state index in [-0.39, 0.29) is 33.6 Å². The Balaban J connectivity index is 1.85. The zero-order valence-corrected chi connectivity index (χ0v) is 15.4. The third-order valence-electron chi connectivity index (χ3n) is 3.69. The van der Waals surface area contributed by atoms with Gasteiger partial charge >= 0.3 is 6.18 Å². The first kappa shape index (κ1) is 19.5. The number of ether oxygens (including phenoxy) is 1. The number of hydrogen-bond acceptors (Lipinski definition) is 4. The minimum Gasteiger partial charge on any atom is -0.495 e. The number of methoxy groups -OCH3 is 1. The Morgan fingerprint density at radius 3 is 2.63 bits per heavy atom. The van der Waals surface area contributed by atoms with E-state index >= 15 is 0 Å². The Hall–Kier alpha value is -2.30. The van der Waals surface area contributed by atoms with Crippen LogP contribution in [0.1, 0.15) is 11.3 Å². The predicted molar refractivity (Wildman–Crippen MR) is 92.2 cm³/mol. The number of aromatic nitrogens is 2. The fourth-order valence-electron chi connectivity index (χ4n) is 2.40. The van der Waals surface area contributed by atoms with Gasteiger partial charge in [0.2, 0.25) is 10.0 Å². The molecule has 0 aliphatic rings. The van der Waals surface area contributed by atoms with Crippen LogP contribution in [0.15, 0.2) is 47.6 Å². The molecule has 1 aromatic carbocycles. The molecule has 0 bridgehead atoms. The molecule has 0 saturated heterocycles. The number of rotatable bonds is 5. The molecule has 2 aromatic heterocycles. The highest BCUT2D eigenvalue weighted by Gasteiger charge is 2.31. The van der Waals surface area contributed by atoms with Crippen molar-refractivity contribution in [3.05, 3.63) is 59.0 Å². The van der Waals surface area contributed by atoms with Crippen LogP contribution in [0.25, 0.3) is 5.65 Å². The van der Waals surface area contributed by atoms with Crippen LogP contribution in [-0.2, 0) is 22.7 Å². The summed E-state index contributed by atoms with van der Waals surface area (Å²) >= 11 is 5.85. The van der Waals surface area contributed by atoms with E-state index < -0.39 is 21.8 Å². The molecular weight excluding hydrogens is 407 g/mol. The maximum absolute atomic E-state index is 12.8. The lowest BCUT2D eigenvalue weighted by molar-refractivity contribution is -0.137. The number of benzene rings is 1. The second-order valence-corrected chi connectivity index (χ2v) is 7.70. The number of fused-ring (bicyclic) bond motifs is 1. The van der Waals surface area contributed by atoms with E-state index in [2.05, 4.69) is 9.71 Å². The zero-order chi connectivity index (χ0) is 19.8. The van der Waals surface area contributed by atoms with Crippen molar-refractivity contribution in [3.8, 4) is 5.75 Å². The van der Waals surface area contributed by atoms with Gasteiger partial charge in [-0.25, -0.2) is 18.1 Å². The van der Waals surface area contributed by atoms with Gasteiger partial charge in [0.15, 0.2) is 0 Å². The summed E-state index contributed by atoms with van der Waals surface area (Å²) in [6.07, 6.45) is -2.27. The molecule has 6 nitrogen and oxygen atoms in total. The van der Waals surface area contributed by atoms with Crippen molar-refractivity contribution in [2.45, 2.75) is 17.6 Å². The van der Waals surface area contributed by atoms with Gasteiger partial charge in [0.25, 0.3) is 0 Å². The summed E-state index contributed by atoms with van der Waals surface area (Å²) in [7, 11) is -2.66. The van der Waals surface area contributed by atoms with Gasteiger partial charge in [0.05, 0.1) is 24.9 Å². The standard InChI is InChI=1S/C16H13ClF3N3O3S/c1-26-13-4-3-11(17)6-14(13)27(24,25)21-7-12-9-23-8-10(16(18,19)20)2-5-15(23)22-12/h2-6,8-9,21H,7H2,1H3. The van der Waals surface area contributed by atoms with Crippen molar-refractivity contribution in [1.29, 1.82) is 0 Å². The summed E-state index contributed by atoms with van der Waals surface area (Å²) in [5, 5.41) is 0.212. The number of halogens is 4. The molecule has 0 radical (unpaired) electrons. The second-order valence-electron chi connectivity index (χ2n) is 5.53. The average Bonchev–Trinajstić information content (AvgIpc) is 3.01. The highest BCUT2D eigenvalue weighted by atomic mass is 35.5. The first-order valence-corrected chi connectivity index (χ1v) is 9.34. The van der Waals surface area contributed by atoms with Gasteiger partial charge in [0, 0.05) is 17.4 Å². The smallest absolute Gasteiger partial charge is 0.417 e. The van der Waals surface area contributed by atoms with E-state index in [0.29, 0.717) is 0 Å². The Bertz CT molecular complexity index is 1100. The number of nitrogens with zero attached hydrogens (tertiary/aromatic N) is 2. The molecule has 3 aromatic rings. The summed E-state index contributed by atoms with van der Waals surface area (Å²) in [6, 6.07) is 6.26. The van der Waals surface area contributed by atoms with Crippen LogP contribution in [0, 0.1) is 0 Å². The van der Waals surface area contributed by atoms with Crippen molar-refractivity contribution in [1.82, 2.24) is 14.1 Å². The van der Waals surface area contributed by atoms with Crippen molar-refractivity contribution in [2.75, 3.05) is 7.11 Å². The monoisotopic (exact) mass is 419 g/mol.